The molecule has 2 rings (SSSR count). The minimum atomic E-state index is -2.46. The Morgan fingerprint density at radius 2 is 1.21 bits per heavy atom. The zero-order valence-electron chi connectivity index (χ0n) is 19.3. The third-order valence-corrected chi connectivity index (χ3v) is 22.1. The van der Waals surface area contributed by atoms with Gasteiger partial charge in [0, 0.05) is 0 Å². The van der Waals surface area contributed by atoms with Gasteiger partial charge in [-0.05, 0) is 0 Å². The van der Waals surface area contributed by atoms with Crippen LogP contribution in [0.4, 0.5) is 0 Å². The summed E-state index contributed by atoms with van der Waals surface area (Å²) in [5, 5.41) is 0. The molecule has 0 nitrogen and oxygen atoms in total. The summed E-state index contributed by atoms with van der Waals surface area (Å²) in [4.78, 5) is 0. The molecule has 0 N–H and O–H groups in total. The number of benzene rings is 2. The fourth-order valence-corrected chi connectivity index (χ4v) is 21.6. The SMILES string of the molecule is CCC[CH2][Sn]([CH2]CCC)([CH2]CCC)[c]1ccccc1/C(=C/c1ccccc1)CC. The molecule has 0 fully saturated rings. The van der Waals surface area contributed by atoms with E-state index in [1.165, 1.54) is 63.0 Å². The third kappa shape index (κ3) is 7.02. The van der Waals surface area contributed by atoms with Crippen LogP contribution < -0.4 is 3.58 Å². The van der Waals surface area contributed by atoms with Gasteiger partial charge < -0.3 is 0 Å². The summed E-state index contributed by atoms with van der Waals surface area (Å²) in [5.41, 5.74) is 4.44. The van der Waals surface area contributed by atoms with Crippen molar-refractivity contribution >= 4 is 33.6 Å². The van der Waals surface area contributed by atoms with Gasteiger partial charge in [-0.2, -0.15) is 0 Å². The first-order chi connectivity index (χ1) is 14.2. The molecular formula is C28H42Sn. The van der Waals surface area contributed by atoms with Crippen molar-refractivity contribution in [2.24, 2.45) is 0 Å². The van der Waals surface area contributed by atoms with Crippen LogP contribution >= 0.6 is 0 Å². The zero-order valence-corrected chi connectivity index (χ0v) is 22.2. The van der Waals surface area contributed by atoms with Gasteiger partial charge >= 0.3 is 185 Å². The van der Waals surface area contributed by atoms with Crippen LogP contribution in [0.25, 0.3) is 11.6 Å². The fraction of sp³-hybridized carbons (Fsp3) is 0.500. The van der Waals surface area contributed by atoms with Gasteiger partial charge in [-0.1, -0.05) is 0 Å². The van der Waals surface area contributed by atoms with Gasteiger partial charge in [0.2, 0.25) is 0 Å². The van der Waals surface area contributed by atoms with Gasteiger partial charge in [0.15, 0.2) is 0 Å². The number of allylic oxidation sites excluding steroid dienone is 1. The van der Waals surface area contributed by atoms with Crippen molar-refractivity contribution in [3.05, 3.63) is 65.7 Å². The molecule has 0 aliphatic carbocycles. The summed E-state index contributed by atoms with van der Waals surface area (Å²) in [6.45, 7) is 9.44. The Hall–Kier alpha value is -1.02. The normalized spacial score (nSPS) is 12.3. The number of rotatable bonds is 13. The molecule has 0 aliphatic rings. The Morgan fingerprint density at radius 3 is 1.72 bits per heavy atom. The molecule has 2 aromatic rings. The van der Waals surface area contributed by atoms with Crippen LogP contribution in [-0.4, -0.2) is 18.4 Å². The molecule has 0 unspecified atom stereocenters. The molecule has 0 radical (unpaired) electrons. The molecule has 0 saturated heterocycles. The van der Waals surface area contributed by atoms with E-state index in [4.69, 9.17) is 0 Å². The van der Waals surface area contributed by atoms with Crippen LogP contribution in [0.5, 0.6) is 0 Å². The van der Waals surface area contributed by atoms with Crippen LogP contribution in [0.2, 0.25) is 13.3 Å². The second-order valence-corrected chi connectivity index (χ2v) is 21.7. The quantitative estimate of drug-likeness (QED) is 0.192. The maximum absolute atomic E-state index is 2.54. The Labute approximate surface area is 184 Å². The van der Waals surface area contributed by atoms with E-state index in [1.54, 1.807) is 5.56 Å². The van der Waals surface area contributed by atoms with Crippen molar-refractivity contribution in [2.45, 2.75) is 86.0 Å². The van der Waals surface area contributed by atoms with E-state index < -0.39 is 18.4 Å². The molecule has 29 heavy (non-hydrogen) atoms. The van der Waals surface area contributed by atoms with Crippen molar-refractivity contribution in [1.29, 1.82) is 0 Å². The molecule has 0 spiro atoms. The molecule has 0 aliphatic heterocycles. The van der Waals surface area contributed by atoms with Crippen LogP contribution in [-0.2, 0) is 0 Å². The predicted molar refractivity (Wildman–Crippen MR) is 136 cm³/mol. The summed E-state index contributed by atoms with van der Waals surface area (Å²) in [5.74, 6) is 0. The number of hydrogen-bond donors (Lipinski definition) is 0. The molecule has 2 aromatic carbocycles. The Morgan fingerprint density at radius 1 is 0.690 bits per heavy atom. The minimum absolute atomic E-state index is 1.10. The molecule has 0 amide bonds. The van der Waals surface area contributed by atoms with E-state index in [-0.39, 0.29) is 0 Å². The Bertz CT molecular complexity index is 707. The topological polar surface area (TPSA) is 0 Å². The first kappa shape index (κ1) is 24.3. The summed E-state index contributed by atoms with van der Waals surface area (Å²) < 4.78 is 6.42. The molecular weight excluding hydrogens is 455 g/mol. The molecule has 0 saturated carbocycles. The van der Waals surface area contributed by atoms with Crippen molar-refractivity contribution < 1.29 is 0 Å². The van der Waals surface area contributed by atoms with Crippen molar-refractivity contribution in [2.75, 3.05) is 0 Å². The molecule has 0 aromatic heterocycles. The number of unbranched alkanes of at least 4 members (excludes halogenated alkanes) is 3. The van der Waals surface area contributed by atoms with E-state index in [9.17, 15) is 0 Å². The average molecular weight is 497 g/mol. The van der Waals surface area contributed by atoms with E-state index in [1.807, 2.05) is 3.58 Å². The monoisotopic (exact) mass is 498 g/mol. The van der Waals surface area contributed by atoms with Gasteiger partial charge in [0.1, 0.15) is 0 Å². The molecule has 0 atom stereocenters. The van der Waals surface area contributed by atoms with Gasteiger partial charge in [0.05, 0.1) is 0 Å². The van der Waals surface area contributed by atoms with Crippen molar-refractivity contribution in [1.82, 2.24) is 0 Å². The van der Waals surface area contributed by atoms with Gasteiger partial charge in [-0.3, -0.25) is 0 Å². The summed E-state index contributed by atoms with van der Waals surface area (Å²) in [7, 11) is 0. The van der Waals surface area contributed by atoms with Crippen molar-refractivity contribution in [3.8, 4) is 0 Å². The van der Waals surface area contributed by atoms with E-state index in [0.717, 1.165) is 6.42 Å². The Balaban J connectivity index is 2.56. The first-order valence-electron chi connectivity index (χ1n) is 12.1. The van der Waals surface area contributed by atoms with Crippen LogP contribution in [0.3, 0.4) is 0 Å². The Kier molecular flexibility index (Phi) is 11.1. The van der Waals surface area contributed by atoms with E-state index >= 15 is 0 Å². The third-order valence-electron chi connectivity index (χ3n) is 6.39. The molecule has 158 valence electrons. The molecule has 1 heteroatoms. The average Bonchev–Trinajstić information content (AvgIpc) is 2.78. The van der Waals surface area contributed by atoms with Crippen LogP contribution in [0.15, 0.2) is 54.6 Å². The summed E-state index contributed by atoms with van der Waals surface area (Å²) >= 11 is -2.46. The standard InChI is InChI=1S/C16H15.3C4H9.Sn/c1-2-15(16-11-7-4-8-12-16)13-14-9-5-3-6-10-14;3*1-3-4-2;/h3-11,13H,2H2,1H3;3*1,3-4H2,2H3;/b15-13+;;;;. The van der Waals surface area contributed by atoms with Crippen LogP contribution in [0, 0.1) is 0 Å². The second-order valence-electron chi connectivity index (χ2n) is 8.57. The zero-order chi connectivity index (χ0) is 21.0. The first-order valence-corrected chi connectivity index (χ1v) is 19.5. The van der Waals surface area contributed by atoms with E-state index in [0.29, 0.717) is 0 Å². The molecule has 0 heterocycles. The van der Waals surface area contributed by atoms with Gasteiger partial charge in [-0.15, -0.1) is 0 Å². The summed E-state index contributed by atoms with van der Waals surface area (Å²) in [6.07, 6.45) is 11.8. The molecule has 0 bridgehead atoms. The van der Waals surface area contributed by atoms with E-state index in [2.05, 4.69) is 88.4 Å². The maximum atomic E-state index is 2.54. The fourth-order valence-electron chi connectivity index (χ4n) is 4.67. The van der Waals surface area contributed by atoms with Crippen LogP contribution in [0.1, 0.15) is 83.8 Å². The number of hydrogen-bond acceptors (Lipinski definition) is 0. The van der Waals surface area contributed by atoms with Gasteiger partial charge in [-0.25, -0.2) is 0 Å². The predicted octanol–water partition coefficient (Wildman–Crippen LogP) is 8.69. The van der Waals surface area contributed by atoms with Crippen molar-refractivity contribution in [3.63, 3.8) is 0 Å². The second kappa shape index (κ2) is 13.3. The van der Waals surface area contributed by atoms with Gasteiger partial charge in [0.25, 0.3) is 0 Å². The summed E-state index contributed by atoms with van der Waals surface area (Å²) in [6, 6.07) is 20.5.